The maximum Gasteiger partial charge on any atom is 0.165 e. The molecular weight excluding hydrogens is 279 g/mol. The Labute approximate surface area is 118 Å². The molecule has 102 valence electrons. The number of anilines is 1. The van der Waals surface area contributed by atoms with Gasteiger partial charge in [0.05, 0.1) is 12.5 Å². The van der Waals surface area contributed by atoms with Gasteiger partial charge in [-0.15, -0.1) is 11.3 Å². The number of nitrogen functional groups attached to an aromatic ring is 1. The van der Waals surface area contributed by atoms with Gasteiger partial charge in [-0.05, 0) is 29.6 Å². The van der Waals surface area contributed by atoms with E-state index in [9.17, 15) is 4.39 Å². The van der Waals surface area contributed by atoms with Crippen LogP contribution in [0.2, 0.25) is 0 Å². The van der Waals surface area contributed by atoms with Crippen LogP contribution in [0.3, 0.4) is 0 Å². The van der Waals surface area contributed by atoms with E-state index in [-0.39, 0.29) is 5.75 Å². The highest BCUT2D eigenvalue weighted by Crippen LogP contribution is 2.30. The molecule has 3 aromatic rings. The van der Waals surface area contributed by atoms with Gasteiger partial charge >= 0.3 is 0 Å². The van der Waals surface area contributed by atoms with E-state index in [2.05, 4.69) is 15.4 Å². The molecule has 5 nitrogen and oxygen atoms in total. The molecule has 0 fully saturated rings. The summed E-state index contributed by atoms with van der Waals surface area (Å²) in [6.45, 7) is 0. The first-order chi connectivity index (χ1) is 9.72. The van der Waals surface area contributed by atoms with Crippen molar-refractivity contribution in [3.63, 3.8) is 0 Å². The molecule has 0 saturated heterocycles. The van der Waals surface area contributed by atoms with E-state index in [1.54, 1.807) is 12.1 Å². The number of benzene rings is 1. The predicted octanol–water partition coefficient (Wildman–Crippen LogP) is 2.79. The first-order valence-corrected chi connectivity index (χ1v) is 6.66. The smallest absolute Gasteiger partial charge is 0.165 e. The van der Waals surface area contributed by atoms with Gasteiger partial charge in [0.15, 0.2) is 23.2 Å². The summed E-state index contributed by atoms with van der Waals surface area (Å²) in [6, 6.07) is 6.38. The van der Waals surface area contributed by atoms with E-state index in [0.717, 1.165) is 10.2 Å². The second kappa shape index (κ2) is 5.03. The lowest BCUT2D eigenvalue weighted by atomic mass is 10.2. The first-order valence-electron chi connectivity index (χ1n) is 5.78. The lowest BCUT2D eigenvalue weighted by molar-refractivity contribution is 0.387. The molecule has 0 spiro atoms. The summed E-state index contributed by atoms with van der Waals surface area (Å²) in [5.41, 5.74) is 3.22. The number of thiophene rings is 1. The van der Waals surface area contributed by atoms with Crippen molar-refractivity contribution in [2.24, 2.45) is 5.84 Å². The van der Waals surface area contributed by atoms with Crippen molar-refractivity contribution in [3.05, 3.63) is 35.5 Å². The summed E-state index contributed by atoms with van der Waals surface area (Å²) in [5, 5.41) is 2.77. The second-order valence-corrected chi connectivity index (χ2v) is 4.92. The van der Waals surface area contributed by atoms with E-state index in [0.29, 0.717) is 17.2 Å². The number of ether oxygens (including phenoxy) is 1. The van der Waals surface area contributed by atoms with E-state index in [1.807, 2.05) is 11.4 Å². The molecule has 2 aromatic heterocycles. The van der Waals surface area contributed by atoms with Crippen molar-refractivity contribution in [2.75, 3.05) is 12.5 Å². The number of rotatable bonds is 3. The Hall–Kier alpha value is -2.25. The number of nitrogens with zero attached hydrogens (tertiary/aromatic N) is 2. The lowest BCUT2D eigenvalue weighted by Gasteiger charge is -2.07. The van der Waals surface area contributed by atoms with Crippen LogP contribution in [-0.4, -0.2) is 17.1 Å². The Kier molecular flexibility index (Phi) is 3.21. The molecule has 0 unspecified atom stereocenters. The maximum absolute atomic E-state index is 13.4. The molecule has 3 rings (SSSR count). The van der Waals surface area contributed by atoms with Crippen LogP contribution < -0.4 is 16.0 Å². The molecular formula is C13H11FN4OS. The monoisotopic (exact) mass is 290 g/mol. The van der Waals surface area contributed by atoms with Gasteiger partial charge in [-0.1, -0.05) is 0 Å². The molecule has 0 aliphatic heterocycles. The summed E-state index contributed by atoms with van der Waals surface area (Å²) in [6.07, 6.45) is 0. The highest BCUT2D eigenvalue weighted by atomic mass is 32.1. The quantitative estimate of drug-likeness (QED) is 0.573. The molecule has 2 heterocycles. The second-order valence-electron chi connectivity index (χ2n) is 4.03. The summed E-state index contributed by atoms with van der Waals surface area (Å²) >= 11 is 1.49. The van der Waals surface area contributed by atoms with Crippen LogP contribution in [0.25, 0.3) is 21.6 Å². The topological polar surface area (TPSA) is 73.1 Å². The van der Waals surface area contributed by atoms with Crippen LogP contribution in [0.4, 0.5) is 10.2 Å². The third-order valence-electron chi connectivity index (χ3n) is 2.87. The van der Waals surface area contributed by atoms with Crippen molar-refractivity contribution < 1.29 is 9.13 Å². The zero-order valence-electron chi connectivity index (χ0n) is 10.6. The molecule has 3 N–H and O–H groups in total. The third kappa shape index (κ3) is 2.06. The molecule has 20 heavy (non-hydrogen) atoms. The summed E-state index contributed by atoms with van der Waals surface area (Å²) < 4.78 is 18.4. The molecule has 0 radical (unpaired) electrons. The van der Waals surface area contributed by atoms with Gasteiger partial charge in [0.25, 0.3) is 0 Å². The first kappa shape index (κ1) is 12.8. The number of nitrogens with two attached hydrogens (primary N) is 1. The Morgan fingerprint density at radius 2 is 2.15 bits per heavy atom. The van der Waals surface area contributed by atoms with Crippen molar-refractivity contribution in [2.45, 2.75) is 0 Å². The van der Waals surface area contributed by atoms with Crippen LogP contribution in [0.5, 0.6) is 5.75 Å². The van der Waals surface area contributed by atoms with Crippen LogP contribution in [0, 0.1) is 5.82 Å². The van der Waals surface area contributed by atoms with Crippen molar-refractivity contribution >= 4 is 27.4 Å². The molecule has 0 amide bonds. The molecule has 0 aliphatic rings. The average Bonchev–Trinajstić information content (AvgIpc) is 2.95. The molecule has 0 bridgehead atoms. The number of hydrazine groups is 1. The zero-order valence-corrected chi connectivity index (χ0v) is 11.4. The summed E-state index contributed by atoms with van der Waals surface area (Å²) in [4.78, 5) is 9.61. The van der Waals surface area contributed by atoms with Crippen LogP contribution in [-0.2, 0) is 0 Å². The molecule has 0 saturated carbocycles. The van der Waals surface area contributed by atoms with Crippen LogP contribution in [0.1, 0.15) is 0 Å². The van der Waals surface area contributed by atoms with Gasteiger partial charge in [-0.25, -0.2) is 20.2 Å². The molecule has 0 atom stereocenters. The maximum atomic E-state index is 13.4. The minimum Gasteiger partial charge on any atom is -0.494 e. The van der Waals surface area contributed by atoms with Gasteiger partial charge in [0.1, 0.15) is 4.83 Å². The molecule has 7 heteroatoms. The number of fused-ring (bicyclic) bond motifs is 1. The summed E-state index contributed by atoms with van der Waals surface area (Å²) in [5.74, 6) is 6.21. The standard InChI is InChI=1S/C13H11FN4OS/c1-19-10-6-7(2-3-9(10)14)11-16-12(18-15)8-4-5-20-13(8)17-11/h2-6H,15H2,1H3,(H,16,17,18). The van der Waals surface area contributed by atoms with Crippen LogP contribution in [0.15, 0.2) is 29.6 Å². The Morgan fingerprint density at radius 1 is 1.30 bits per heavy atom. The normalized spacial score (nSPS) is 10.8. The van der Waals surface area contributed by atoms with E-state index < -0.39 is 5.82 Å². The van der Waals surface area contributed by atoms with Crippen LogP contribution >= 0.6 is 11.3 Å². The Balaban J connectivity index is 2.18. The fourth-order valence-corrected chi connectivity index (χ4v) is 2.66. The fraction of sp³-hybridized carbons (Fsp3) is 0.0769. The zero-order chi connectivity index (χ0) is 14.1. The third-order valence-corrected chi connectivity index (χ3v) is 3.68. The van der Waals surface area contributed by atoms with Gasteiger partial charge < -0.3 is 10.2 Å². The van der Waals surface area contributed by atoms with Gasteiger partial charge in [-0.2, -0.15) is 0 Å². The number of hydrogen-bond donors (Lipinski definition) is 2. The number of halogens is 1. The number of hydrogen-bond acceptors (Lipinski definition) is 6. The minimum atomic E-state index is -0.425. The number of nitrogens with one attached hydrogen (secondary N) is 1. The van der Waals surface area contributed by atoms with Gasteiger partial charge in [0, 0.05) is 5.56 Å². The summed E-state index contributed by atoms with van der Waals surface area (Å²) in [7, 11) is 1.42. The SMILES string of the molecule is COc1cc(-c2nc(NN)c3ccsc3n2)ccc1F. The van der Waals surface area contributed by atoms with Crippen molar-refractivity contribution in [1.82, 2.24) is 9.97 Å². The predicted molar refractivity (Wildman–Crippen MR) is 77.2 cm³/mol. The Morgan fingerprint density at radius 3 is 2.90 bits per heavy atom. The van der Waals surface area contributed by atoms with Crippen molar-refractivity contribution in [3.8, 4) is 17.1 Å². The van der Waals surface area contributed by atoms with E-state index >= 15 is 0 Å². The minimum absolute atomic E-state index is 0.152. The Bertz CT molecular complexity index is 774. The highest BCUT2D eigenvalue weighted by Gasteiger charge is 2.12. The number of aromatic nitrogens is 2. The van der Waals surface area contributed by atoms with E-state index in [1.165, 1.54) is 24.5 Å². The fourth-order valence-electron chi connectivity index (χ4n) is 1.89. The largest absolute Gasteiger partial charge is 0.494 e. The molecule has 0 aliphatic carbocycles. The van der Waals surface area contributed by atoms with E-state index in [4.69, 9.17) is 10.6 Å². The van der Waals surface area contributed by atoms with Crippen molar-refractivity contribution in [1.29, 1.82) is 0 Å². The van der Waals surface area contributed by atoms with Gasteiger partial charge in [-0.3, -0.25) is 0 Å². The highest BCUT2D eigenvalue weighted by molar-refractivity contribution is 7.16. The molecule has 1 aromatic carbocycles. The van der Waals surface area contributed by atoms with Gasteiger partial charge in [0.2, 0.25) is 0 Å². The number of methoxy groups -OCH3 is 1. The lowest BCUT2D eigenvalue weighted by Crippen LogP contribution is -2.09. The average molecular weight is 290 g/mol.